The largest absolute Gasteiger partial charge is 0.576 e. The molecule has 122 valence electrons. The average molecular weight is 330 g/mol. The predicted octanol–water partition coefficient (Wildman–Crippen LogP) is 3.61. The van der Waals surface area contributed by atoms with Crippen molar-refractivity contribution in [2.45, 2.75) is 13.2 Å². The Morgan fingerprint density at radius 2 is 1.04 bits per heavy atom. The summed E-state index contributed by atoms with van der Waals surface area (Å²) >= 11 is 0. The van der Waals surface area contributed by atoms with Gasteiger partial charge in [-0.05, 0) is 24.3 Å². The molecule has 0 saturated carbocycles. The van der Waals surface area contributed by atoms with Gasteiger partial charge in [0, 0.05) is 12.1 Å². The molecule has 0 bridgehead atoms. The van der Waals surface area contributed by atoms with E-state index in [-0.39, 0.29) is 30.7 Å². The van der Waals surface area contributed by atoms with Gasteiger partial charge in [0.15, 0.2) is 0 Å². The fraction of sp³-hybridized carbons (Fsp3) is 0.143. The van der Waals surface area contributed by atoms with E-state index in [4.69, 9.17) is 9.31 Å². The van der Waals surface area contributed by atoms with Crippen molar-refractivity contribution < 1.29 is 36.3 Å². The lowest BCUT2D eigenvalue weighted by atomic mass is 10.3. The van der Waals surface area contributed by atoms with E-state index in [1.54, 1.807) is 0 Å². The maximum atomic E-state index is 12.1. The molecule has 0 fully saturated rings. The fourth-order valence-electron chi connectivity index (χ4n) is 1.65. The van der Waals surface area contributed by atoms with Gasteiger partial charge in [0.2, 0.25) is 0 Å². The number of ether oxygens (including phenoxy) is 2. The molecule has 2 rings (SSSR count). The van der Waals surface area contributed by atoms with Crippen LogP contribution in [0, 0.1) is 0 Å². The Labute approximate surface area is 129 Å². The molecule has 0 spiro atoms. The minimum Gasteiger partial charge on any atom is -0.528 e. The second-order valence-electron chi connectivity index (χ2n) is 4.11. The van der Waals surface area contributed by atoms with Gasteiger partial charge in [0.05, 0.1) is 0 Å². The second-order valence-corrected chi connectivity index (χ2v) is 4.11. The molecule has 0 radical (unpaired) electrons. The van der Waals surface area contributed by atoms with Gasteiger partial charge in [-0.1, -0.05) is 12.1 Å². The van der Waals surface area contributed by atoms with Gasteiger partial charge in [-0.25, -0.2) is 0 Å². The fourth-order valence-corrected chi connectivity index (χ4v) is 1.65. The Morgan fingerprint density at radius 3 is 1.43 bits per heavy atom. The smallest absolute Gasteiger partial charge is 0.528 e. The van der Waals surface area contributed by atoms with Gasteiger partial charge in [-0.3, -0.25) is 0 Å². The van der Waals surface area contributed by atoms with E-state index >= 15 is 0 Å². The Hall–Kier alpha value is -2.58. The highest BCUT2D eigenvalue weighted by molar-refractivity contribution is 6.20. The number of hydrogen-bond donors (Lipinski definition) is 0. The molecule has 9 heteroatoms. The summed E-state index contributed by atoms with van der Waals surface area (Å²) in [4.78, 5) is 0. The van der Waals surface area contributed by atoms with E-state index in [0.29, 0.717) is 0 Å². The van der Waals surface area contributed by atoms with Crippen LogP contribution in [0.2, 0.25) is 0 Å². The van der Waals surface area contributed by atoms with Crippen LogP contribution in [-0.4, -0.2) is 20.9 Å². The molecule has 0 saturated heterocycles. The molecular formula is C14H11BF4O4. The number of halogens is 4. The van der Waals surface area contributed by atoms with E-state index in [1.165, 1.54) is 48.5 Å². The normalized spacial score (nSPS) is 10.5. The van der Waals surface area contributed by atoms with E-state index in [0.717, 1.165) is 0 Å². The standard InChI is InChI=1S/C14H11BF4O4/c16-13(17)20-9-3-1-5-11(7-9)22-15-23-12-6-2-4-10(8-12)21-14(18)19/h1-8,13-15H. The summed E-state index contributed by atoms with van der Waals surface area (Å²) in [7, 11) is -0.254. The quantitative estimate of drug-likeness (QED) is 0.547. The van der Waals surface area contributed by atoms with Crippen LogP contribution in [0.5, 0.6) is 23.0 Å². The topological polar surface area (TPSA) is 36.9 Å². The first-order valence-electron chi connectivity index (χ1n) is 6.38. The minimum atomic E-state index is -2.93. The van der Waals surface area contributed by atoms with Crippen molar-refractivity contribution in [2.24, 2.45) is 0 Å². The maximum Gasteiger partial charge on any atom is 0.576 e. The third kappa shape index (κ3) is 5.97. The number of benzene rings is 2. The van der Waals surface area contributed by atoms with E-state index in [2.05, 4.69) is 9.47 Å². The maximum absolute atomic E-state index is 12.1. The first-order valence-corrected chi connectivity index (χ1v) is 6.38. The highest BCUT2D eigenvalue weighted by Crippen LogP contribution is 2.22. The predicted molar refractivity (Wildman–Crippen MR) is 74.6 cm³/mol. The molecule has 0 aliphatic rings. The van der Waals surface area contributed by atoms with Crippen LogP contribution in [-0.2, 0) is 0 Å². The molecule has 4 nitrogen and oxygen atoms in total. The number of alkyl halides is 4. The van der Waals surface area contributed by atoms with Crippen molar-refractivity contribution in [3.8, 4) is 23.0 Å². The van der Waals surface area contributed by atoms with Gasteiger partial charge < -0.3 is 18.8 Å². The lowest BCUT2D eigenvalue weighted by Gasteiger charge is -2.10. The van der Waals surface area contributed by atoms with Gasteiger partial charge in [-0.15, -0.1) is 0 Å². The van der Waals surface area contributed by atoms with Crippen LogP contribution in [0.15, 0.2) is 48.5 Å². The van der Waals surface area contributed by atoms with Crippen molar-refractivity contribution in [1.29, 1.82) is 0 Å². The summed E-state index contributed by atoms with van der Waals surface area (Å²) < 4.78 is 67.3. The zero-order chi connectivity index (χ0) is 16.7. The molecule has 2 aromatic carbocycles. The SMILES string of the molecule is FC(F)Oc1cccc(OBOc2cccc(OC(F)F)c2)c1. The molecule has 0 N–H and O–H groups in total. The Morgan fingerprint density at radius 1 is 0.652 bits per heavy atom. The highest BCUT2D eigenvalue weighted by Gasteiger charge is 2.07. The van der Waals surface area contributed by atoms with Crippen molar-refractivity contribution in [3.63, 3.8) is 0 Å². The van der Waals surface area contributed by atoms with Crippen molar-refractivity contribution in [2.75, 3.05) is 0 Å². The Kier molecular flexibility index (Phi) is 5.96. The second kappa shape index (κ2) is 8.16. The van der Waals surface area contributed by atoms with Crippen LogP contribution < -0.4 is 18.8 Å². The minimum absolute atomic E-state index is 0.0511. The summed E-state index contributed by atoms with van der Waals surface area (Å²) in [6, 6.07) is 11.2. The van der Waals surface area contributed by atoms with E-state index in [9.17, 15) is 17.6 Å². The number of hydrogen-bond acceptors (Lipinski definition) is 4. The Bertz CT molecular complexity index is 574. The Balaban J connectivity index is 1.87. The molecule has 0 unspecified atom stereocenters. The lowest BCUT2D eigenvalue weighted by Crippen LogP contribution is -2.11. The van der Waals surface area contributed by atoms with Crippen LogP contribution >= 0.6 is 0 Å². The lowest BCUT2D eigenvalue weighted by molar-refractivity contribution is -0.0505. The van der Waals surface area contributed by atoms with Crippen molar-refractivity contribution in [3.05, 3.63) is 48.5 Å². The zero-order valence-electron chi connectivity index (χ0n) is 11.6. The van der Waals surface area contributed by atoms with Crippen LogP contribution in [0.4, 0.5) is 17.6 Å². The monoisotopic (exact) mass is 330 g/mol. The van der Waals surface area contributed by atoms with E-state index < -0.39 is 13.2 Å². The molecule has 0 aliphatic heterocycles. The van der Waals surface area contributed by atoms with E-state index in [1.807, 2.05) is 0 Å². The highest BCUT2D eigenvalue weighted by atomic mass is 19.3. The third-order valence-corrected chi connectivity index (χ3v) is 2.51. The van der Waals surface area contributed by atoms with Gasteiger partial charge in [0.25, 0.3) is 0 Å². The molecule has 0 aliphatic carbocycles. The molecular weight excluding hydrogens is 319 g/mol. The van der Waals surface area contributed by atoms with Crippen molar-refractivity contribution >= 4 is 7.69 Å². The zero-order valence-corrected chi connectivity index (χ0v) is 11.6. The first kappa shape index (κ1) is 16.8. The third-order valence-electron chi connectivity index (χ3n) is 2.51. The van der Waals surface area contributed by atoms with Crippen LogP contribution in [0.3, 0.4) is 0 Å². The van der Waals surface area contributed by atoms with Crippen LogP contribution in [0.25, 0.3) is 0 Å². The summed E-state index contributed by atoms with van der Waals surface area (Å²) in [5.41, 5.74) is 0. The summed E-state index contributed by atoms with van der Waals surface area (Å²) in [6.45, 7) is -5.86. The van der Waals surface area contributed by atoms with Crippen molar-refractivity contribution in [1.82, 2.24) is 0 Å². The molecule has 0 atom stereocenters. The molecule has 0 aromatic heterocycles. The van der Waals surface area contributed by atoms with Gasteiger partial charge in [0.1, 0.15) is 23.0 Å². The summed E-state index contributed by atoms with van der Waals surface area (Å²) in [5, 5.41) is 0. The molecule has 23 heavy (non-hydrogen) atoms. The number of rotatable bonds is 8. The molecule has 0 heterocycles. The first-order chi connectivity index (χ1) is 11.0. The molecule has 2 aromatic rings. The molecule has 0 amide bonds. The average Bonchev–Trinajstić information content (AvgIpc) is 2.46. The van der Waals surface area contributed by atoms with Crippen LogP contribution in [0.1, 0.15) is 0 Å². The van der Waals surface area contributed by atoms with Gasteiger partial charge in [-0.2, -0.15) is 17.6 Å². The van der Waals surface area contributed by atoms with Gasteiger partial charge >= 0.3 is 20.9 Å². The summed E-state index contributed by atoms with van der Waals surface area (Å²) in [5.74, 6) is 0.404. The summed E-state index contributed by atoms with van der Waals surface area (Å²) in [6.07, 6.45) is 0.